The zero-order valence-electron chi connectivity index (χ0n) is 7.29. The second-order valence-corrected chi connectivity index (χ2v) is 5.04. The molecule has 0 aliphatic carbocycles. The van der Waals surface area contributed by atoms with Crippen LogP contribution in [-0.4, -0.2) is 23.8 Å². The maximum atomic E-state index is 10.9. The van der Waals surface area contributed by atoms with Crippen LogP contribution in [0.1, 0.15) is 0 Å². The molecule has 1 rings (SSSR count). The predicted molar refractivity (Wildman–Crippen MR) is 62.4 cm³/mol. The minimum atomic E-state index is -0.258. The number of methoxy groups -OCH3 is 1. The van der Waals surface area contributed by atoms with Crippen molar-refractivity contribution in [2.24, 2.45) is 0 Å². The lowest BCUT2D eigenvalue weighted by molar-refractivity contribution is -0.137. The third-order valence-electron chi connectivity index (χ3n) is 1.33. The molecule has 0 spiro atoms. The van der Waals surface area contributed by atoms with E-state index in [1.54, 1.807) is 6.20 Å². The monoisotopic (exact) mass is 339 g/mol. The van der Waals surface area contributed by atoms with Crippen LogP contribution in [0.2, 0.25) is 0 Å². The Morgan fingerprint density at radius 1 is 1.64 bits per heavy atom. The zero-order valence-corrected chi connectivity index (χ0v) is 11.3. The summed E-state index contributed by atoms with van der Waals surface area (Å²) in [5, 5.41) is 0.776. The summed E-state index contributed by atoms with van der Waals surface area (Å²) >= 11 is 7.99. The van der Waals surface area contributed by atoms with Crippen LogP contribution < -0.4 is 0 Å². The summed E-state index contributed by atoms with van der Waals surface area (Å²) in [6.07, 6.45) is 1.68. The number of hydrogen-bond acceptors (Lipinski definition) is 4. The van der Waals surface area contributed by atoms with Gasteiger partial charge in [0, 0.05) is 10.7 Å². The molecule has 0 radical (unpaired) electrons. The first-order valence-electron chi connectivity index (χ1n) is 3.64. The number of halogens is 2. The third-order valence-corrected chi connectivity index (χ3v) is 3.61. The first-order chi connectivity index (χ1) is 6.63. The van der Waals surface area contributed by atoms with Crippen molar-refractivity contribution in [1.29, 1.82) is 0 Å². The molecule has 1 aromatic heterocycles. The molecule has 0 atom stereocenters. The molecule has 0 N–H and O–H groups in total. The largest absolute Gasteiger partial charge is 0.468 e. The number of carbonyl (C=O) groups excluding carboxylic acids is 1. The van der Waals surface area contributed by atoms with Crippen molar-refractivity contribution in [3.05, 3.63) is 21.2 Å². The Labute approximate surface area is 103 Å². The fraction of sp³-hybridized carbons (Fsp3) is 0.250. The van der Waals surface area contributed by atoms with E-state index in [4.69, 9.17) is 0 Å². The standard InChI is InChI=1S/C8H7Br2NO2S/c1-13-7(12)4-14-8-6(10)2-5(9)3-11-8/h2-3H,4H2,1H3. The molecule has 0 aliphatic heterocycles. The highest BCUT2D eigenvalue weighted by Gasteiger charge is 2.06. The number of rotatable bonds is 3. The van der Waals surface area contributed by atoms with Gasteiger partial charge in [-0.2, -0.15) is 0 Å². The number of ether oxygens (including phenoxy) is 1. The summed E-state index contributed by atoms with van der Waals surface area (Å²) in [5.41, 5.74) is 0. The predicted octanol–water partition coefficient (Wildman–Crippen LogP) is 2.87. The highest BCUT2D eigenvalue weighted by molar-refractivity contribution is 9.11. The summed E-state index contributed by atoms with van der Waals surface area (Å²) in [7, 11) is 1.37. The Morgan fingerprint density at radius 3 is 2.93 bits per heavy atom. The van der Waals surface area contributed by atoms with Crippen molar-refractivity contribution in [2.45, 2.75) is 5.03 Å². The number of esters is 1. The molecule has 0 saturated heterocycles. The lowest BCUT2D eigenvalue weighted by Gasteiger charge is -2.02. The lowest BCUT2D eigenvalue weighted by Crippen LogP contribution is -2.03. The van der Waals surface area contributed by atoms with E-state index in [0.29, 0.717) is 0 Å². The van der Waals surface area contributed by atoms with Crippen LogP contribution in [0.5, 0.6) is 0 Å². The van der Waals surface area contributed by atoms with Crippen molar-refractivity contribution in [3.8, 4) is 0 Å². The fourth-order valence-electron chi connectivity index (χ4n) is 0.694. The van der Waals surface area contributed by atoms with Gasteiger partial charge in [0.25, 0.3) is 0 Å². The number of pyridine rings is 1. The highest BCUT2D eigenvalue weighted by atomic mass is 79.9. The summed E-state index contributed by atoms with van der Waals surface area (Å²) in [6.45, 7) is 0. The van der Waals surface area contributed by atoms with Crippen LogP contribution in [0.25, 0.3) is 0 Å². The quantitative estimate of drug-likeness (QED) is 0.626. The van der Waals surface area contributed by atoms with Crippen molar-refractivity contribution >= 4 is 49.6 Å². The van der Waals surface area contributed by atoms with Gasteiger partial charge in [-0.05, 0) is 37.9 Å². The van der Waals surface area contributed by atoms with E-state index in [1.807, 2.05) is 6.07 Å². The van der Waals surface area contributed by atoms with Gasteiger partial charge >= 0.3 is 5.97 Å². The minimum Gasteiger partial charge on any atom is -0.468 e. The van der Waals surface area contributed by atoms with Gasteiger partial charge in [-0.3, -0.25) is 4.79 Å². The minimum absolute atomic E-state index is 0.258. The molecular weight excluding hydrogens is 334 g/mol. The lowest BCUT2D eigenvalue weighted by atomic mass is 10.5. The zero-order chi connectivity index (χ0) is 10.6. The number of carbonyl (C=O) groups is 1. The fourth-order valence-corrected chi connectivity index (χ4v) is 2.72. The van der Waals surface area contributed by atoms with Crippen molar-refractivity contribution in [2.75, 3.05) is 12.9 Å². The maximum Gasteiger partial charge on any atom is 0.316 e. The molecule has 1 heterocycles. The summed E-state index contributed by atoms with van der Waals surface area (Å²) in [6, 6.07) is 1.88. The number of nitrogens with zero attached hydrogens (tertiary/aromatic N) is 1. The van der Waals surface area contributed by atoms with Crippen LogP contribution in [0.4, 0.5) is 0 Å². The van der Waals surface area contributed by atoms with Gasteiger partial charge < -0.3 is 4.74 Å². The van der Waals surface area contributed by atoms with Gasteiger partial charge in [0.15, 0.2) is 0 Å². The molecule has 0 unspecified atom stereocenters. The SMILES string of the molecule is COC(=O)CSc1ncc(Br)cc1Br. The van der Waals surface area contributed by atoms with E-state index in [0.717, 1.165) is 14.0 Å². The Balaban J connectivity index is 2.63. The first-order valence-corrected chi connectivity index (χ1v) is 6.21. The van der Waals surface area contributed by atoms with Gasteiger partial charge in [0.1, 0.15) is 5.03 Å². The van der Waals surface area contributed by atoms with Crippen LogP contribution in [-0.2, 0) is 9.53 Å². The second-order valence-electron chi connectivity index (χ2n) is 2.31. The smallest absolute Gasteiger partial charge is 0.316 e. The third kappa shape index (κ3) is 3.59. The summed E-state index contributed by atoms with van der Waals surface area (Å²) in [5.74, 6) is 0.00983. The molecule has 1 aromatic rings. The summed E-state index contributed by atoms with van der Waals surface area (Å²) in [4.78, 5) is 15.0. The normalized spacial score (nSPS) is 9.93. The molecule has 0 saturated carbocycles. The molecule has 14 heavy (non-hydrogen) atoms. The van der Waals surface area contributed by atoms with Crippen LogP contribution in [0.3, 0.4) is 0 Å². The van der Waals surface area contributed by atoms with Gasteiger partial charge in [-0.1, -0.05) is 11.8 Å². The van der Waals surface area contributed by atoms with Crippen LogP contribution in [0, 0.1) is 0 Å². The first kappa shape index (κ1) is 12.0. The van der Waals surface area contributed by atoms with Crippen LogP contribution in [0.15, 0.2) is 26.2 Å². The van der Waals surface area contributed by atoms with E-state index in [1.165, 1.54) is 18.9 Å². The van der Waals surface area contributed by atoms with E-state index >= 15 is 0 Å². The molecule has 0 amide bonds. The number of hydrogen-bond donors (Lipinski definition) is 0. The van der Waals surface area contributed by atoms with Gasteiger partial charge in [-0.25, -0.2) is 4.98 Å². The molecule has 0 bridgehead atoms. The Kier molecular flexibility index (Phi) is 4.91. The molecule has 6 heteroatoms. The van der Waals surface area contributed by atoms with Crippen LogP contribution >= 0.6 is 43.6 Å². The summed E-state index contributed by atoms with van der Waals surface area (Å²) < 4.78 is 6.28. The highest BCUT2D eigenvalue weighted by Crippen LogP contribution is 2.27. The Morgan fingerprint density at radius 2 is 2.36 bits per heavy atom. The van der Waals surface area contributed by atoms with Crippen molar-refractivity contribution in [3.63, 3.8) is 0 Å². The molecule has 3 nitrogen and oxygen atoms in total. The van der Waals surface area contributed by atoms with E-state index in [-0.39, 0.29) is 11.7 Å². The van der Waals surface area contributed by atoms with Crippen molar-refractivity contribution < 1.29 is 9.53 Å². The van der Waals surface area contributed by atoms with E-state index < -0.39 is 0 Å². The molecule has 0 aliphatic rings. The molecule has 76 valence electrons. The van der Waals surface area contributed by atoms with Gasteiger partial charge in [0.05, 0.1) is 17.3 Å². The van der Waals surface area contributed by atoms with Gasteiger partial charge in [-0.15, -0.1) is 0 Å². The maximum absolute atomic E-state index is 10.9. The van der Waals surface area contributed by atoms with E-state index in [9.17, 15) is 4.79 Å². The van der Waals surface area contributed by atoms with Gasteiger partial charge in [0.2, 0.25) is 0 Å². The molecule has 0 fully saturated rings. The Hall–Kier alpha value is -0.0700. The van der Waals surface area contributed by atoms with Crippen molar-refractivity contribution in [1.82, 2.24) is 4.98 Å². The number of thioether (sulfide) groups is 1. The topological polar surface area (TPSA) is 39.2 Å². The Bertz CT molecular complexity index is 346. The molecule has 0 aromatic carbocycles. The average Bonchev–Trinajstić information content (AvgIpc) is 2.16. The number of aromatic nitrogens is 1. The molecular formula is C8H7Br2NO2S. The second kappa shape index (κ2) is 5.72. The van der Waals surface area contributed by atoms with E-state index in [2.05, 4.69) is 41.6 Å². The average molecular weight is 341 g/mol.